The van der Waals surface area contributed by atoms with Crippen molar-refractivity contribution in [1.82, 2.24) is 15.5 Å². The largest absolute Gasteiger partial charge is 0.444 e. The summed E-state index contributed by atoms with van der Waals surface area (Å²) in [5, 5.41) is 5.16. The van der Waals surface area contributed by atoms with Crippen molar-refractivity contribution in [3.8, 4) is 0 Å². The first-order chi connectivity index (χ1) is 10.9. The van der Waals surface area contributed by atoms with Gasteiger partial charge in [0.2, 0.25) is 11.8 Å². The Labute approximate surface area is 143 Å². The highest BCUT2D eigenvalue weighted by Crippen LogP contribution is 2.10. The molecule has 1 atom stereocenters. The lowest BCUT2D eigenvalue weighted by Gasteiger charge is -2.32. The third-order valence-corrected chi connectivity index (χ3v) is 3.42. The third kappa shape index (κ3) is 6.35. The summed E-state index contributed by atoms with van der Waals surface area (Å²) in [6.07, 6.45) is -0.685. The molecule has 1 fully saturated rings. The second-order valence-corrected chi connectivity index (χ2v) is 7.38. The molecule has 0 saturated carbocycles. The van der Waals surface area contributed by atoms with Gasteiger partial charge in [-0.25, -0.2) is 4.79 Å². The van der Waals surface area contributed by atoms with Gasteiger partial charge in [-0.2, -0.15) is 0 Å². The van der Waals surface area contributed by atoms with Crippen molar-refractivity contribution in [2.24, 2.45) is 0 Å². The van der Waals surface area contributed by atoms with E-state index in [-0.39, 0.29) is 5.91 Å². The van der Waals surface area contributed by atoms with Crippen LogP contribution in [-0.2, 0) is 19.1 Å². The van der Waals surface area contributed by atoms with Gasteiger partial charge >= 0.3 is 6.09 Å². The topological polar surface area (TPSA) is 97.0 Å². The minimum atomic E-state index is -1.21. The molecule has 138 valence electrons. The van der Waals surface area contributed by atoms with E-state index in [1.807, 2.05) is 0 Å². The molecule has 0 radical (unpaired) electrons. The highest BCUT2D eigenvalue weighted by molar-refractivity contribution is 5.93. The van der Waals surface area contributed by atoms with Gasteiger partial charge in [-0.3, -0.25) is 9.59 Å². The summed E-state index contributed by atoms with van der Waals surface area (Å²) in [6.45, 7) is 12.0. The molecule has 2 N–H and O–H groups in total. The number of carbonyl (C=O) groups is 3. The lowest BCUT2D eigenvalue weighted by molar-refractivity contribution is -0.140. The van der Waals surface area contributed by atoms with E-state index in [1.54, 1.807) is 46.4 Å². The zero-order valence-electron chi connectivity index (χ0n) is 15.4. The maximum atomic E-state index is 12.4. The van der Waals surface area contributed by atoms with E-state index in [0.717, 1.165) is 0 Å². The molecule has 8 nitrogen and oxygen atoms in total. The summed E-state index contributed by atoms with van der Waals surface area (Å²) >= 11 is 0. The number of amides is 3. The molecule has 8 heteroatoms. The summed E-state index contributed by atoms with van der Waals surface area (Å²) in [6, 6.07) is -0.685. The molecule has 1 aliphatic heterocycles. The summed E-state index contributed by atoms with van der Waals surface area (Å²) in [7, 11) is 0. The summed E-state index contributed by atoms with van der Waals surface area (Å²) in [4.78, 5) is 38.2. The maximum absolute atomic E-state index is 12.4. The number of morpholine rings is 1. The minimum absolute atomic E-state index is 0.167. The van der Waals surface area contributed by atoms with Gasteiger partial charge in [0.15, 0.2) is 0 Å². The van der Waals surface area contributed by atoms with E-state index in [4.69, 9.17) is 9.47 Å². The van der Waals surface area contributed by atoms with Crippen LogP contribution in [0.2, 0.25) is 0 Å². The van der Waals surface area contributed by atoms with Crippen molar-refractivity contribution in [1.29, 1.82) is 0 Å². The number of nitrogens with one attached hydrogen (secondary N) is 2. The third-order valence-electron chi connectivity index (χ3n) is 3.42. The molecule has 24 heavy (non-hydrogen) atoms. The standard InChI is InChI=1S/C16H29N3O5/c1-11(12(20)19-7-9-23-10-8-19)17-13(21)16(5,6)18-14(22)24-15(2,3)4/h11H,7-10H2,1-6H3,(H,17,21)(H,18,22)/t11-/m0/s1. The Morgan fingerprint density at radius 3 is 2.12 bits per heavy atom. The van der Waals surface area contributed by atoms with Gasteiger partial charge in [0, 0.05) is 13.1 Å². The highest BCUT2D eigenvalue weighted by atomic mass is 16.6. The van der Waals surface area contributed by atoms with Crippen LogP contribution in [0.1, 0.15) is 41.5 Å². The Bertz CT molecular complexity index is 479. The highest BCUT2D eigenvalue weighted by Gasteiger charge is 2.34. The van der Waals surface area contributed by atoms with Crippen LogP contribution in [0.15, 0.2) is 0 Å². The molecule has 0 unspecified atom stereocenters. The predicted octanol–water partition coefficient (Wildman–Crippen LogP) is 0.653. The molecule has 0 aliphatic carbocycles. The fraction of sp³-hybridized carbons (Fsp3) is 0.812. The normalized spacial score (nSPS) is 17.0. The van der Waals surface area contributed by atoms with Crippen molar-refractivity contribution < 1.29 is 23.9 Å². The molecule has 0 aromatic carbocycles. The van der Waals surface area contributed by atoms with Crippen LogP contribution in [0.25, 0.3) is 0 Å². The fourth-order valence-electron chi connectivity index (χ4n) is 2.11. The van der Waals surface area contributed by atoms with Crippen LogP contribution in [-0.4, -0.2) is 66.3 Å². The van der Waals surface area contributed by atoms with Gasteiger partial charge in [0.1, 0.15) is 17.2 Å². The van der Waals surface area contributed by atoms with E-state index in [2.05, 4.69) is 10.6 Å². The molecule has 0 aromatic heterocycles. The van der Waals surface area contributed by atoms with E-state index in [1.165, 1.54) is 0 Å². The molecular weight excluding hydrogens is 314 g/mol. The van der Waals surface area contributed by atoms with Gasteiger partial charge in [0.05, 0.1) is 13.2 Å². The minimum Gasteiger partial charge on any atom is -0.444 e. The lowest BCUT2D eigenvalue weighted by Crippen LogP contribution is -2.59. The Hall–Kier alpha value is -1.83. The van der Waals surface area contributed by atoms with E-state index in [0.29, 0.717) is 26.3 Å². The number of nitrogens with zero attached hydrogens (tertiary/aromatic N) is 1. The van der Waals surface area contributed by atoms with Gasteiger partial charge < -0.3 is 25.0 Å². The Morgan fingerprint density at radius 2 is 1.62 bits per heavy atom. The lowest BCUT2D eigenvalue weighted by atomic mass is 10.0. The molecular formula is C16H29N3O5. The zero-order valence-corrected chi connectivity index (χ0v) is 15.4. The van der Waals surface area contributed by atoms with Crippen molar-refractivity contribution >= 4 is 17.9 Å². The average Bonchev–Trinajstić information content (AvgIpc) is 2.44. The first-order valence-electron chi connectivity index (χ1n) is 8.11. The number of ether oxygens (including phenoxy) is 2. The monoisotopic (exact) mass is 343 g/mol. The van der Waals surface area contributed by atoms with E-state index < -0.39 is 29.2 Å². The Kier molecular flexibility index (Phi) is 6.59. The van der Waals surface area contributed by atoms with Crippen LogP contribution >= 0.6 is 0 Å². The van der Waals surface area contributed by atoms with Gasteiger partial charge in [-0.05, 0) is 41.5 Å². The second kappa shape index (κ2) is 7.83. The van der Waals surface area contributed by atoms with Crippen LogP contribution < -0.4 is 10.6 Å². The number of hydrogen-bond donors (Lipinski definition) is 2. The molecule has 0 spiro atoms. The Balaban J connectivity index is 2.57. The van der Waals surface area contributed by atoms with Gasteiger partial charge in [0.25, 0.3) is 0 Å². The summed E-state index contributed by atoms with van der Waals surface area (Å²) < 4.78 is 10.4. The molecule has 0 aromatic rings. The van der Waals surface area contributed by atoms with Gasteiger partial charge in [-0.15, -0.1) is 0 Å². The second-order valence-electron chi connectivity index (χ2n) is 7.38. The Morgan fingerprint density at radius 1 is 1.08 bits per heavy atom. The average molecular weight is 343 g/mol. The summed E-state index contributed by atoms with van der Waals surface area (Å²) in [5.41, 5.74) is -1.86. The molecule has 1 aliphatic rings. The predicted molar refractivity (Wildman–Crippen MR) is 88.5 cm³/mol. The van der Waals surface area contributed by atoms with Crippen LogP contribution in [0.3, 0.4) is 0 Å². The van der Waals surface area contributed by atoms with Crippen LogP contribution in [0.4, 0.5) is 4.79 Å². The van der Waals surface area contributed by atoms with Crippen molar-refractivity contribution in [2.75, 3.05) is 26.3 Å². The number of carbonyl (C=O) groups excluding carboxylic acids is 3. The van der Waals surface area contributed by atoms with Gasteiger partial charge in [-0.1, -0.05) is 0 Å². The quantitative estimate of drug-likeness (QED) is 0.781. The number of hydrogen-bond acceptors (Lipinski definition) is 5. The molecule has 1 saturated heterocycles. The first-order valence-corrected chi connectivity index (χ1v) is 8.11. The fourth-order valence-corrected chi connectivity index (χ4v) is 2.11. The van der Waals surface area contributed by atoms with Crippen LogP contribution in [0.5, 0.6) is 0 Å². The van der Waals surface area contributed by atoms with E-state index in [9.17, 15) is 14.4 Å². The number of rotatable bonds is 4. The molecule has 1 heterocycles. The molecule has 1 rings (SSSR count). The number of alkyl carbamates (subject to hydrolysis) is 1. The van der Waals surface area contributed by atoms with Crippen molar-refractivity contribution in [3.63, 3.8) is 0 Å². The summed E-state index contributed by atoms with van der Waals surface area (Å²) in [5.74, 6) is -0.623. The van der Waals surface area contributed by atoms with Crippen molar-refractivity contribution in [3.05, 3.63) is 0 Å². The zero-order chi connectivity index (χ0) is 18.5. The van der Waals surface area contributed by atoms with Crippen molar-refractivity contribution in [2.45, 2.75) is 58.7 Å². The van der Waals surface area contributed by atoms with Crippen LogP contribution in [0, 0.1) is 0 Å². The smallest absolute Gasteiger partial charge is 0.408 e. The SMILES string of the molecule is C[C@H](NC(=O)C(C)(C)NC(=O)OC(C)(C)C)C(=O)N1CCOCC1. The van der Waals surface area contributed by atoms with E-state index >= 15 is 0 Å². The first kappa shape index (κ1) is 20.2. The molecule has 3 amide bonds. The maximum Gasteiger partial charge on any atom is 0.408 e. The molecule has 0 bridgehead atoms.